The zero-order chi connectivity index (χ0) is 15.4. The number of nitrogens with zero attached hydrogens (tertiary/aromatic N) is 3. The molecule has 2 heterocycles. The van der Waals surface area contributed by atoms with Crippen molar-refractivity contribution in [3.63, 3.8) is 0 Å². The summed E-state index contributed by atoms with van der Waals surface area (Å²) in [6, 6.07) is 1.92. The van der Waals surface area contributed by atoms with E-state index in [1.807, 2.05) is 26.8 Å². The molecular weight excluding hydrogens is 266 g/mol. The fraction of sp³-hybridized carbons (Fsp3) is 0.375. The molecule has 21 heavy (non-hydrogen) atoms. The molecule has 0 atom stereocenters. The van der Waals surface area contributed by atoms with E-state index in [-0.39, 0.29) is 6.42 Å². The Hall–Kier alpha value is -2.30. The maximum Gasteiger partial charge on any atom is 0.307 e. The van der Waals surface area contributed by atoms with E-state index < -0.39 is 5.97 Å². The third-order valence-corrected chi connectivity index (χ3v) is 3.46. The SMILES string of the molecule is CCc1nc(-c2cnccc2C)nc(CC)c1CC(=O)O. The molecule has 110 valence electrons. The van der Waals surface area contributed by atoms with Crippen molar-refractivity contribution in [1.29, 1.82) is 0 Å². The largest absolute Gasteiger partial charge is 0.481 e. The monoisotopic (exact) mass is 285 g/mol. The minimum atomic E-state index is -0.853. The zero-order valence-electron chi connectivity index (χ0n) is 12.6. The lowest BCUT2D eigenvalue weighted by Crippen LogP contribution is -2.12. The van der Waals surface area contributed by atoms with Crippen LogP contribution in [0.2, 0.25) is 0 Å². The molecular formula is C16H19N3O2. The fourth-order valence-electron chi connectivity index (χ4n) is 2.34. The summed E-state index contributed by atoms with van der Waals surface area (Å²) in [6.45, 7) is 5.95. The highest BCUT2D eigenvalue weighted by molar-refractivity contribution is 5.71. The van der Waals surface area contributed by atoms with E-state index >= 15 is 0 Å². The van der Waals surface area contributed by atoms with Crippen molar-refractivity contribution in [1.82, 2.24) is 15.0 Å². The van der Waals surface area contributed by atoms with E-state index in [9.17, 15) is 4.79 Å². The van der Waals surface area contributed by atoms with Gasteiger partial charge in [-0.25, -0.2) is 9.97 Å². The van der Waals surface area contributed by atoms with Gasteiger partial charge in [-0.1, -0.05) is 13.8 Å². The smallest absolute Gasteiger partial charge is 0.307 e. The van der Waals surface area contributed by atoms with Gasteiger partial charge in [0.25, 0.3) is 0 Å². The minimum absolute atomic E-state index is 0.0291. The van der Waals surface area contributed by atoms with Gasteiger partial charge in [0.05, 0.1) is 6.42 Å². The van der Waals surface area contributed by atoms with Gasteiger partial charge in [0.1, 0.15) is 0 Å². The molecule has 0 spiro atoms. The number of aryl methyl sites for hydroxylation is 3. The third kappa shape index (κ3) is 3.24. The topological polar surface area (TPSA) is 76.0 Å². The van der Waals surface area contributed by atoms with Crippen LogP contribution in [-0.4, -0.2) is 26.0 Å². The molecule has 0 saturated carbocycles. The lowest BCUT2D eigenvalue weighted by Gasteiger charge is -2.13. The lowest BCUT2D eigenvalue weighted by molar-refractivity contribution is -0.136. The maximum atomic E-state index is 11.0. The Morgan fingerprint density at radius 3 is 2.29 bits per heavy atom. The number of aliphatic carboxylic acids is 1. The van der Waals surface area contributed by atoms with Crippen molar-refractivity contribution in [2.24, 2.45) is 0 Å². The number of hydrogen-bond donors (Lipinski definition) is 1. The van der Waals surface area contributed by atoms with Crippen LogP contribution in [0.5, 0.6) is 0 Å². The van der Waals surface area contributed by atoms with Crippen LogP contribution in [-0.2, 0) is 24.1 Å². The fourth-order valence-corrected chi connectivity index (χ4v) is 2.34. The summed E-state index contributed by atoms with van der Waals surface area (Å²) < 4.78 is 0. The molecule has 5 nitrogen and oxygen atoms in total. The number of carboxylic acid groups (broad SMARTS) is 1. The summed E-state index contributed by atoms with van der Waals surface area (Å²) in [4.78, 5) is 24.3. The van der Waals surface area contributed by atoms with Gasteiger partial charge < -0.3 is 5.11 Å². The Bertz CT molecular complexity index is 643. The number of aromatic nitrogens is 3. The van der Waals surface area contributed by atoms with E-state index in [0.29, 0.717) is 18.7 Å². The van der Waals surface area contributed by atoms with Crippen molar-refractivity contribution in [2.45, 2.75) is 40.0 Å². The molecule has 0 aliphatic heterocycles. The standard InChI is InChI=1S/C16H19N3O2/c1-4-13-11(8-15(20)21)14(5-2)19-16(18-13)12-9-17-7-6-10(12)3/h6-7,9H,4-5,8H2,1-3H3,(H,20,21). The summed E-state index contributed by atoms with van der Waals surface area (Å²) in [6.07, 6.45) is 4.83. The molecule has 0 bridgehead atoms. The minimum Gasteiger partial charge on any atom is -0.481 e. The van der Waals surface area contributed by atoms with Crippen molar-refractivity contribution in [2.75, 3.05) is 0 Å². The Labute approximate surface area is 124 Å². The predicted octanol–water partition coefficient (Wildman–Crippen LogP) is 2.60. The summed E-state index contributed by atoms with van der Waals surface area (Å²) in [5.41, 5.74) is 4.31. The van der Waals surface area contributed by atoms with Crippen LogP contribution in [0, 0.1) is 6.92 Å². The van der Waals surface area contributed by atoms with Crippen LogP contribution in [0.25, 0.3) is 11.4 Å². The average Bonchev–Trinajstić information content (AvgIpc) is 2.47. The Morgan fingerprint density at radius 2 is 1.81 bits per heavy atom. The van der Waals surface area contributed by atoms with E-state index in [1.54, 1.807) is 12.4 Å². The summed E-state index contributed by atoms with van der Waals surface area (Å²) in [5, 5.41) is 9.07. The molecule has 0 unspecified atom stereocenters. The highest BCUT2D eigenvalue weighted by atomic mass is 16.4. The highest BCUT2D eigenvalue weighted by Gasteiger charge is 2.16. The molecule has 0 aromatic carbocycles. The summed E-state index contributed by atoms with van der Waals surface area (Å²) >= 11 is 0. The van der Waals surface area contributed by atoms with Gasteiger partial charge in [0.2, 0.25) is 0 Å². The van der Waals surface area contributed by atoms with Crippen molar-refractivity contribution < 1.29 is 9.90 Å². The molecule has 2 rings (SSSR count). The van der Waals surface area contributed by atoms with Gasteiger partial charge in [-0.15, -0.1) is 0 Å². The van der Waals surface area contributed by atoms with Crippen LogP contribution in [0.1, 0.15) is 36.4 Å². The van der Waals surface area contributed by atoms with Gasteiger partial charge in [-0.2, -0.15) is 0 Å². The first-order valence-electron chi connectivity index (χ1n) is 7.08. The van der Waals surface area contributed by atoms with E-state index in [1.165, 1.54) is 0 Å². The van der Waals surface area contributed by atoms with Gasteiger partial charge in [0.15, 0.2) is 5.82 Å². The molecule has 0 fully saturated rings. The van der Waals surface area contributed by atoms with Crippen molar-refractivity contribution in [3.8, 4) is 11.4 Å². The molecule has 2 aromatic heterocycles. The molecule has 1 N–H and O–H groups in total. The van der Waals surface area contributed by atoms with Gasteiger partial charge in [0, 0.05) is 34.9 Å². The van der Waals surface area contributed by atoms with E-state index in [4.69, 9.17) is 5.11 Å². The second-order valence-corrected chi connectivity index (χ2v) is 4.89. The van der Waals surface area contributed by atoms with Gasteiger partial charge in [-0.3, -0.25) is 9.78 Å². The molecule has 5 heteroatoms. The van der Waals surface area contributed by atoms with Crippen molar-refractivity contribution in [3.05, 3.63) is 41.0 Å². The first kappa shape index (κ1) is 15.1. The second-order valence-electron chi connectivity index (χ2n) is 4.89. The number of rotatable bonds is 5. The third-order valence-electron chi connectivity index (χ3n) is 3.46. The molecule has 0 aliphatic carbocycles. The van der Waals surface area contributed by atoms with Gasteiger partial charge >= 0.3 is 5.97 Å². The van der Waals surface area contributed by atoms with Crippen molar-refractivity contribution >= 4 is 5.97 Å². The van der Waals surface area contributed by atoms with E-state index in [0.717, 1.165) is 28.1 Å². The average molecular weight is 285 g/mol. The Kier molecular flexibility index (Phi) is 4.62. The molecule has 2 aromatic rings. The molecule has 0 aliphatic rings. The zero-order valence-corrected chi connectivity index (χ0v) is 12.6. The molecule has 0 saturated heterocycles. The number of carboxylic acids is 1. The quantitative estimate of drug-likeness (QED) is 0.913. The van der Waals surface area contributed by atoms with E-state index in [2.05, 4.69) is 15.0 Å². The highest BCUT2D eigenvalue weighted by Crippen LogP contribution is 2.22. The Balaban J connectivity index is 2.60. The van der Waals surface area contributed by atoms with Crippen LogP contribution < -0.4 is 0 Å². The maximum absolute atomic E-state index is 11.0. The van der Waals surface area contributed by atoms with Crippen LogP contribution in [0.15, 0.2) is 18.5 Å². The summed E-state index contributed by atoms with van der Waals surface area (Å²) in [5.74, 6) is -0.225. The Morgan fingerprint density at radius 1 is 1.19 bits per heavy atom. The van der Waals surface area contributed by atoms with Crippen LogP contribution >= 0.6 is 0 Å². The summed E-state index contributed by atoms with van der Waals surface area (Å²) in [7, 11) is 0. The number of hydrogen-bond acceptors (Lipinski definition) is 4. The predicted molar refractivity (Wildman–Crippen MR) is 80.1 cm³/mol. The van der Waals surface area contributed by atoms with Crippen LogP contribution in [0.3, 0.4) is 0 Å². The lowest BCUT2D eigenvalue weighted by atomic mass is 10.0. The molecule has 0 amide bonds. The second kappa shape index (κ2) is 6.43. The van der Waals surface area contributed by atoms with Gasteiger partial charge in [-0.05, 0) is 31.4 Å². The van der Waals surface area contributed by atoms with Crippen LogP contribution in [0.4, 0.5) is 0 Å². The first-order chi connectivity index (χ1) is 10.1. The first-order valence-corrected chi connectivity index (χ1v) is 7.08. The number of carbonyl (C=O) groups is 1. The normalized spacial score (nSPS) is 10.6. The molecule has 0 radical (unpaired) electrons. The number of pyridine rings is 1.